The van der Waals surface area contributed by atoms with Crippen molar-refractivity contribution < 1.29 is 23.9 Å². The van der Waals surface area contributed by atoms with E-state index in [2.05, 4.69) is 36.6 Å². The number of alkyl carbamates (subject to hydrolysis) is 1. The van der Waals surface area contributed by atoms with E-state index in [1.165, 1.54) is 0 Å². The molecule has 0 unspecified atom stereocenters. The Labute approximate surface area is 228 Å². The van der Waals surface area contributed by atoms with Gasteiger partial charge in [-0.2, -0.15) is 11.8 Å². The van der Waals surface area contributed by atoms with Crippen LogP contribution in [0.2, 0.25) is 0 Å². The Morgan fingerprint density at radius 2 is 1.89 bits per heavy atom. The van der Waals surface area contributed by atoms with Gasteiger partial charge in [-0.05, 0) is 64.8 Å². The van der Waals surface area contributed by atoms with Crippen molar-refractivity contribution >= 4 is 35.7 Å². The number of azide groups is 1. The van der Waals surface area contributed by atoms with E-state index >= 15 is 0 Å². The van der Waals surface area contributed by atoms with Crippen molar-refractivity contribution in [2.75, 3.05) is 25.4 Å². The summed E-state index contributed by atoms with van der Waals surface area (Å²) in [6, 6.07) is -0.447. The molecule has 0 aliphatic carbocycles. The molecule has 14 heteroatoms. The number of rotatable bonds is 16. The third-order valence-electron chi connectivity index (χ3n) is 6.13. The molecule has 2 fully saturated rings. The zero-order chi connectivity index (χ0) is 28.0. The van der Waals surface area contributed by atoms with Crippen LogP contribution in [-0.4, -0.2) is 78.3 Å². The van der Waals surface area contributed by atoms with Gasteiger partial charge in [-0.1, -0.05) is 11.5 Å². The fourth-order valence-corrected chi connectivity index (χ4v) is 5.86. The number of fused-ring (bicyclic) bond motifs is 1. The fraction of sp³-hybridized carbons (Fsp3) is 0.833. The molecule has 2 rings (SSSR count). The molecule has 0 bridgehead atoms. The van der Waals surface area contributed by atoms with Gasteiger partial charge in [-0.15, -0.1) is 0 Å². The number of urea groups is 1. The second kappa shape index (κ2) is 16.2. The Balaban J connectivity index is 1.62. The van der Waals surface area contributed by atoms with Gasteiger partial charge in [-0.3, -0.25) is 9.59 Å². The van der Waals surface area contributed by atoms with Crippen molar-refractivity contribution in [2.45, 2.75) is 101 Å². The van der Waals surface area contributed by atoms with Crippen LogP contribution in [0.4, 0.5) is 9.59 Å². The number of ether oxygens (including phenoxy) is 1. The maximum absolute atomic E-state index is 12.6. The molecule has 38 heavy (non-hydrogen) atoms. The zero-order valence-corrected chi connectivity index (χ0v) is 23.4. The zero-order valence-electron chi connectivity index (χ0n) is 22.6. The number of hydrogen-bond donors (Lipinski definition) is 5. The molecular formula is C24H42N8O5S. The maximum Gasteiger partial charge on any atom is 0.408 e. The Hall–Kier alpha value is -2.86. The second-order valence-corrected chi connectivity index (χ2v) is 11.8. The lowest BCUT2D eigenvalue weighted by atomic mass is 10.0. The van der Waals surface area contributed by atoms with Gasteiger partial charge in [0, 0.05) is 42.0 Å². The average molecular weight is 555 g/mol. The van der Waals surface area contributed by atoms with E-state index in [1.54, 1.807) is 20.8 Å². The van der Waals surface area contributed by atoms with Gasteiger partial charge < -0.3 is 31.3 Å². The predicted octanol–water partition coefficient (Wildman–Crippen LogP) is 2.71. The predicted molar refractivity (Wildman–Crippen MR) is 146 cm³/mol. The molecule has 0 saturated carbocycles. The minimum absolute atomic E-state index is 0.000937. The third kappa shape index (κ3) is 12.1. The summed E-state index contributed by atoms with van der Waals surface area (Å²) < 4.78 is 5.27. The summed E-state index contributed by atoms with van der Waals surface area (Å²) in [4.78, 5) is 51.1. The van der Waals surface area contributed by atoms with Crippen molar-refractivity contribution in [1.29, 1.82) is 0 Å². The first-order valence-electron chi connectivity index (χ1n) is 13.3. The first-order chi connectivity index (χ1) is 18.1. The molecule has 0 aromatic rings. The van der Waals surface area contributed by atoms with E-state index in [0.29, 0.717) is 50.4 Å². The second-order valence-electron chi connectivity index (χ2n) is 10.5. The topological polar surface area (TPSA) is 186 Å². The largest absolute Gasteiger partial charge is 0.444 e. The highest BCUT2D eigenvalue weighted by atomic mass is 32.2. The number of nitrogens with one attached hydrogen (secondary N) is 5. The third-order valence-corrected chi connectivity index (χ3v) is 7.64. The minimum Gasteiger partial charge on any atom is -0.444 e. The number of carbonyl (C=O) groups is 4. The van der Waals surface area contributed by atoms with Gasteiger partial charge in [0.05, 0.1) is 12.1 Å². The monoisotopic (exact) mass is 554 g/mol. The van der Waals surface area contributed by atoms with Gasteiger partial charge in [0.25, 0.3) is 0 Å². The SMILES string of the molecule is CC(C)(C)OC(=O)N[C@@H](CCCCNC(=O)CCCC[C@@H]1SC[C@@H]2NC(=O)N[C@@H]21)C(=O)NCCCN=[N+]=[N-]. The summed E-state index contributed by atoms with van der Waals surface area (Å²) in [5.74, 6) is 0.599. The lowest BCUT2D eigenvalue weighted by Crippen LogP contribution is -2.48. The highest BCUT2D eigenvalue weighted by molar-refractivity contribution is 8.00. The van der Waals surface area contributed by atoms with E-state index in [4.69, 9.17) is 10.3 Å². The highest BCUT2D eigenvalue weighted by Crippen LogP contribution is 2.33. The van der Waals surface area contributed by atoms with Crippen LogP contribution in [0, 0.1) is 0 Å². The van der Waals surface area contributed by atoms with E-state index in [0.717, 1.165) is 25.0 Å². The van der Waals surface area contributed by atoms with Crippen LogP contribution in [0.3, 0.4) is 0 Å². The van der Waals surface area contributed by atoms with E-state index in [-0.39, 0.29) is 36.5 Å². The van der Waals surface area contributed by atoms with Gasteiger partial charge in [0.15, 0.2) is 0 Å². The van der Waals surface area contributed by atoms with Crippen LogP contribution < -0.4 is 26.6 Å². The summed E-state index contributed by atoms with van der Waals surface area (Å²) in [7, 11) is 0. The highest BCUT2D eigenvalue weighted by Gasteiger charge is 2.42. The Morgan fingerprint density at radius 3 is 2.63 bits per heavy atom. The van der Waals surface area contributed by atoms with Gasteiger partial charge in [0.2, 0.25) is 11.8 Å². The van der Waals surface area contributed by atoms with Gasteiger partial charge >= 0.3 is 12.1 Å². The summed E-state index contributed by atoms with van der Waals surface area (Å²) in [5, 5.41) is 18.0. The standard InChI is InChI=1S/C24H42N8O5S/c1-24(2,3)37-23(36)30-16(21(34)27-13-8-14-28-32-25)9-6-7-12-26-19(33)11-5-4-10-18-20-17(15-38-18)29-22(35)31-20/h16-18,20H,4-15H2,1-3H3,(H,26,33)(H,27,34)(H,30,36)(H2,29,31,35)/t16-,17-,18-,20-/m0/s1. The number of unbranched alkanes of at least 4 members (excludes halogenated alkanes) is 2. The molecular weight excluding hydrogens is 512 g/mol. The molecule has 2 aliphatic rings. The molecule has 5 amide bonds. The molecule has 0 spiro atoms. The normalized spacial score (nSPS) is 20.8. The number of nitrogens with zero attached hydrogens (tertiary/aromatic N) is 3. The quantitative estimate of drug-likeness (QED) is 0.0641. The molecule has 5 N–H and O–H groups in total. The van der Waals surface area contributed by atoms with Gasteiger partial charge in [-0.25, -0.2) is 9.59 Å². The van der Waals surface area contributed by atoms with Crippen molar-refractivity contribution in [2.24, 2.45) is 5.11 Å². The average Bonchev–Trinajstić information content (AvgIpc) is 3.38. The van der Waals surface area contributed by atoms with Crippen LogP contribution in [0.1, 0.15) is 72.1 Å². The molecule has 4 atom stereocenters. The maximum atomic E-state index is 12.6. The number of hydrogen-bond acceptors (Lipinski definition) is 7. The van der Waals surface area contributed by atoms with Gasteiger partial charge in [0.1, 0.15) is 11.6 Å². The molecule has 0 aromatic heterocycles. The summed E-state index contributed by atoms with van der Waals surface area (Å²) >= 11 is 1.87. The summed E-state index contributed by atoms with van der Waals surface area (Å²) in [6.07, 6.45) is 4.66. The van der Waals surface area contributed by atoms with E-state index in [1.807, 2.05) is 11.8 Å². The summed E-state index contributed by atoms with van der Waals surface area (Å²) in [5.41, 5.74) is 7.64. The Kier molecular flexibility index (Phi) is 13.4. The van der Waals surface area contributed by atoms with Crippen LogP contribution in [0.25, 0.3) is 10.4 Å². The molecule has 2 heterocycles. The molecule has 214 valence electrons. The molecule has 2 saturated heterocycles. The smallest absolute Gasteiger partial charge is 0.408 e. The van der Waals surface area contributed by atoms with Crippen molar-refractivity contribution in [3.05, 3.63) is 10.4 Å². The fourth-order valence-electron chi connectivity index (χ4n) is 4.31. The summed E-state index contributed by atoms with van der Waals surface area (Å²) in [6.45, 7) is 6.33. The first kappa shape index (κ1) is 31.4. The lowest BCUT2D eigenvalue weighted by molar-refractivity contribution is -0.123. The number of thioether (sulfide) groups is 1. The Bertz CT molecular complexity index is 861. The van der Waals surface area contributed by atoms with Crippen LogP contribution in [0.5, 0.6) is 0 Å². The number of carbonyl (C=O) groups excluding carboxylic acids is 4. The molecule has 13 nitrogen and oxygen atoms in total. The van der Waals surface area contributed by atoms with Crippen LogP contribution in [-0.2, 0) is 14.3 Å². The first-order valence-corrected chi connectivity index (χ1v) is 14.4. The molecule has 0 radical (unpaired) electrons. The van der Waals surface area contributed by atoms with Crippen LogP contribution >= 0.6 is 11.8 Å². The van der Waals surface area contributed by atoms with E-state index < -0.39 is 17.7 Å². The lowest BCUT2D eigenvalue weighted by Gasteiger charge is -2.23. The molecule has 2 aliphatic heterocycles. The van der Waals surface area contributed by atoms with Crippen molar-refractivity contribution in [3.8, 4) is 0 Å². The van der Waals surface area contributed by atoms with E-state index in [9.17, 15) is 19.2 Å². The number of amides is 5. The minimum atomic E-state index is -0.770. The van der Waals surface area contributed by atoms with Crippen molar-refractivity contribution in [1.82, 2.24) is 26.6 Å². The Morgan fingerprint density at radius 1 is 1.13 bits per heavy atom. The molecule has 0 aromatic carbocycles. The van der Waals surface area contributed by atoms with Crippen molar-refractivity contribution in [3.63, 3.8) is 0 Å². The van der Waals surface area contributed by atoms with Crippen LogP contribution in [0.15, 0.2) is 5.11 Å².